The number of nitrogens with two attached hydrogens (primary N) is 1. The molecule has 19 heavy (non-hydrogen) atoms. The first-order valence-corrected chi connectivity index (χ1v) is 5.61. The molecular weight excluding hydrogens is 291 g/mol. The highest BCUT2D eigenvalue weighted by Crippen LogP contribution is 1.99. The van der Waals surface area contributed by atoms with Crippen LogP contribution >= 0.6 is 24.8 Å². The maximum atomic E-state index is 11.8. The second-order valence-corrected chi connectivity index (χ2v) is 3.88. The summed E-state index contributed by atoms with van der Waals surface area (Å²) < 4.78 is 6.87. The Kier molecular flexibility index (Phi) is 11.9. The van der Waals surface area contributed by atoms with Crippen molar-refractivity contribution in [1.82, 2.24) is 14.7 Å². The largest absolute Gasteiger partial charge is 0.380 e. The van der Waals surface area contributed by atoms with Crippen LogP contribution in [0, 0.1) is 0 Å². The van der Waals surface area contributed by atoms with E-state index in [1.54, 1.807) is 29.9 Å². The number of rotatable bonds is 7. The lowest BCUT2D eigenvalue weighted by atomic mass is 10.2. The van der Waals surface area contributed by atoms with Crippen LogP contribution in [0.3, 0.4) is 0 Å². The van der Waals surface area contributed by atoms with Crippen LogP contribution in [0.1, 0.15) is 6.42 Å². The predicted octanol–water partition coefficient (Wildman–Crippen LogP) is 0.549. The maximum absolute atomic E-state index is 11.8. The number of hydrogen-bond donors (Lipinski definition) is 1. The van der Waals surface area contributed by atoms with Gasteiger partial charge in [0.1, 0.15) is 0 Å². The molecule has 0 saturated carbocycles. The third kappa shape index (κ3) is 7.37. The van der Waals surface area contributed by atoms with Crippen LogP contribution in [0.4, 0.5) is 0 Å². The van der Waals surface area contributed by atoms with E-state index in [1.807, 2.05) is 12.3 Å². The van der Waals surface area contributed by atoms with Gasteiger partial charge in [-0.2, -0.15) is 5.10 Å². The Balaban J connectivity index is 0. The van der Waals surface area contributed by atoms with E-state index in [4.69, 9.17) is 10.5 Å². The molecule has 0 spiro atoms. The van der Waals surface area contributed by atoms with Crippen molar-refractivity contribution in [1.29, 1.82) is 0 Å². The summed E-state index contributed by atoms with van der Waals surface area (Å²) in [6.45, 7) is 1.67. The standard InChI is InChI=1S/C11H20N4O2.2ClH/c1-14(6-7-15-5-3-4-13-15)11(16)8-10(9-12)17-2;;/h3-5,10H,6-9,12H2,1-2H3;2*1H. The van der Waals surface area contributed by atoms with Crippen molar-refractivity contribution < 1.29 is 9.53 Å². The molecule has 1 aromatic heterocycles. The molecule has 1 atom stereocenters. The molecule has 0 aliphatic rings. The number of halogens is 2. The lowest BCUT2D eigenvalue weighted by Gasteiger charge is -2.20. The minimum absolute atomic E-state index is 0. The van der Waals surface area contributed by atoms with Gasteiger partial charge in [-0.05, 0) is 6.07 Å². The Morgan fingerprint density at radius 2 is 2.21 bits per heavy atom. The number of likely N-dealkylation sites (N-methyl/N-ethyl adjacent to an activating group) is 1. The molecule has 1 aromatic rings. The molecule has 6 nitrogen and oxygen atoms in total. The lowest BCUT2D eigenvalue weighted by Crippen LogP contribution is -2.35. The number of nitrogens with zero attached hydrogens (tertiary/aromatic N) is 3. The van der Waals surface area contributed by atoms with Crippen molar-refractivity contribution >= 4 is 30.7 Å². The summed E-state index contributed by atoms with van der Waals surface area (Å²) in [5, 5.41) is 4.07. The van der Waals surface area contributed by atoms with Gasteiger partial charge in [-0.15, -0.1) is 24.8 Å². The van der Waals surface area contributed by atoms with Gasteiger partial charge in [0.25, 0.3) is 0 Å². The lowest BCUT2D eigenvalue weighted by molar-refractivity contribution is -0.132. The number of hydrogen-bond acceptors (Lipinski definition) is 4. The molecule has 0 aliphatic heterocycles. The van der Waals surface area contributed by atoms with Crippen molar-refractivity contribution in [3.8, 4) is 0 Å². The van der Waals surface area contributed by atoms with Crippen LogP contribution in [0.2, 0.25) is 0 Å². The first-order valence-electron chi connectivity index (χ1n) is 5.61. The molecule has 0 aliphatic carbocycles. The van der Waals surface area contributed by atoms with Gasteiger partial charge in [-0.25, -0.2) is 0 Å². The minimum atomic E-state index is -0.199. The van der Waals surface area contributed by atoms with Crippen molar-refractivity contribution in [3.05, 3.63) is 18.5 Å². The average molecular weight is 313 g/mol. The molecular formula is C11H22Cl2N4O2. The summed E-state index contributed by atoms with van der Waals surface area (Å²) in [5.41, 5.74) is 5.47. The molecule has 0 radical (unpaired) electrons. The molecule has 2 N–H and O–H groups in total. The van der Waals surface area contributed by atoms with Gasteiger partial charge in [-0.3, -0.25) is 9.48 Å². The quantitative estimate of drug-likeness (QED) is 0.798. The number of ether oxygens (including phenoxy) is 1. The third-order valence-electron chi connectivity index (χ3n) is 2.65. The van der Waals surface area contributed by atoms with Gasteiger partial charge in [-0.1, -0.05) is 0 Å². The van der Waals surface area contributed by atoms with Crippen molar-refractivity contribution in [2.24, 2.45) is 5.73 Å². The molecule has 0 bridgehead atoms. The van der Waals surface area contributed by atoms with E-state index in [0.717, 1.165) is 0 Å². The summed E-state index contributed by atoms with van der Waals surface area (Å²) in [6.07, 6.45) is 3.71. The molecule has 0 aromatic carbocycles. The second kappa shape index (κ2) is 11.0. The van der Waals surface area contributed by atoms with E-state index >= 15 is 0 Å². The second-order valence-electron chi connectivity index (χ2n) is 3.88. The predicted molar refractivity (Wildman–Crippen MR) is 78.8 cm³/mol. The van der Waals surface area contributed by atoms with Gasteiger partial charge in [0, 0.05) is 39.6 Å². The topological polar surface area (TPSA) is 73.4 Å². The van der Waals surface area contributed by atoms with Gasteiger partial charge in [0.05, 0.1) is 19.1 Å². The van der Waals surface area contributed by atoms with Gasteiger partial charge in [0.15, 0.2) is 0 Å². The first kappa shape index (κ1) is 20.5. The van der Waals surface area contributed by atoms with E-state index < -0.39 is 0 Å². The summed E-state index contributed by atoms with van der Waals surface area (Å²) >= 11 is 0. The van der Waals surface area contributed by atoms with Crippen molar-refractivity contribution in [2.45, 2.75) is 19.1 Å². The van der Waals surface area contributed by atoms with Crippen LogP contribution in [0.25, 0.3) is 0 Å². The normalized spacial score (nSPS) is 11.1. The summed E-state index contributed by atoms with van der Waals surface area (Å²) in [6, 6.07) is 1.86. The molecule has 8 heteroatoms. The molecule has 1 heterocycles. The highest BCUT2D eigenvalue weighted by molar-refractivity contribution is 5.85. The fourth-order valence-electron chi connectivity index (χ4n) is 1.42. The number of carbonyl (C=O) groups excluding carboxylic acids is 1. The van der Waals surface area contributed by atoms with Crippen molar-refractivity contribution in [2.75, 3.05) is 27.2 Å². The highest BCUT2D eigenvalue weighted by atomic mass is 35.5. The summed E-state index contributed by atoms with van der Waals surface area (Å²) in [7, 11) is 3.34. The highest BCUT2D eigenvalue weighted by Gasteiger charge is 2.14. The number of carbonyl (C=O) groups is 1. The minimum Gasteiger partial charge on any atom is -0.380 e. The number of amides is 1. The summed E-state index contributed by atoms with van der Waals surface area (Å²) in [5.74, 6) is 0.0365. The fraction of sp³-hybridized carbons (Fsp3) is 0.636. The van der Waals surface area contributed by atoms with Crippen LogP contribution in [-0.2, 0) is 16.1 Å². The van der Waals surface area contributed by atoms with Crippen LogP contribution < -0.4 is 5.73 Å². The number of aromatic nitrogens is 2. The molecule has 112 valence electrons. The Morgan fingerprint density at radius 3 is 2.68 bits per heavy atom. The van der Waals surface area contributed by atoms with Gasteiger partial charge >= 0.3 is 0 Å². The molecule has 0 saturated heterocycles. The van der Waals surface area contributed by atoms with Gasteiger partial charge in [0.2, 0.25) is 5.91 Å². The van der Waals surface area contributed by atoms with E-state index in [1.165, 1.54) is 0 Å². The van der Waals surface area contributed by atoms with Crippen LogP contribution in [0.5, 0.6) is 0 Å². The molecule has 1 amide bonds. The zero-order chi connectivity index (χ0) is 12.7. The van der Waals surface area contributed by atoms with E-state index in [-0.39, 0.29) is 36.8 Å². The Hall–Kier alpha value is -0.820. The van der Waals surface area contributed by atoms with Gasteiger partial charge < -0.3 is 15.4 Å². The van der Waals surface area contributed by atoms with Crippen LogP contribution in [0.15, 0.2) is 18.5 Å². The molecule has 1 rings (SSSR count). The Morgan fingerprint density at radius 1 is 1.53 bits per heavy atom. The van der Waals surface area contributed by atoms with E-state index in [0.29, 0.717) is 26.1 Å². The third-order valence-corrected chi connectivity index (χ3v) is 2.65. The molecule has 1 unspecified atom stereocenters. The summed E-state index contributed by atoms with van der Waals surface area (Å²) in [4.78, 5) is 13.5. The van der Waals surface area contributed by atoms with Crippen LogP contribution in [-0.4, -0.2) is 53.9 Å². The Labute approximate surface area is 126 Å². The average Bonchev–Trinajstić information content (AvgIpc) is 2.85. The zero-order valence-corrected chi connectivity index (χ0v) is 12.8. The van der Waals surface area contributed by atoms with Crippen molar-refractivity contribution in [3.63, 3.8) is 0 Å². The number of methoxy groups -OCH3 is 1. The molecule has 0 fully saturated rings. The fourth-order valence-corrected chi connectivity index (χ4v) is 1.42. The zero-order valence-electron chi connectivity index (χ0n) is 11.2. The maximum Gasteiger partial charge on any atom is 0.225 e. The smallest absolute Gasteiger partial charge is 0.225 e. The van der Waals surface area contributed by atoms with E-state index in [2.05, 4.69) is 5.10 Å². The Bertz CT molecular complexity index is 331. The van der Waals surface area contributed by atoms with E-state index in [9.17, 15) is 4.79 Å². The first-order chi connectivity index (χ1) is 8.17. The monoisotopic (exact) mass is 312 g/mol. The SMILES string of the molecule is COC(CN)CC(=O)N(C)CCn1cccn1.Cl.Cl.